The summed E-state index contributed by atoms with van der Waals surface area (Å²) in [4.78, 5) is 34.3. The molecule has 10 nitrogen and oxygen atoms in total. The van der Waals surface area contributed by atoms with Crippen molar-refractivity contribution in [3.05, 3.63) is 70.3 Å². The van der Waals surface area contributed by atoms with E-state index in [1.807, 2.05) is 24.4 Å². The lowest BCUT2D eigenvalue weighted by Crippen LogP contribution is -2.31. The topological polar surface area (TPSA) is 115 Å². The van der Waals surface area contributed by atoms with Crippen LogP contribution < -0.4 is 0 Å². The minimum Gasteiger partial charge on any atom is -0.467 e. The molecule has 0 N–H and O–H groups in total. The highest BCUT2D eigenvalue weighted by Gasteiger charge is 2.35. The Kier molecular flexibility index (Phi) is 4.79. The van der Waals surface area contributed by atoms with Crippen molar-refractivity contribution in [2.24, 2.45) is 5.10 Å². The lowest BCUT2D eigenvalue weighted by molar-refractivity contribution is -0.136. The zero-order valence-corrected chi connectivity index (χ0v) is 17.2. The van der Waals surface area contributed by atoms with Crippen LogP contribution in [0, 0.1) is 6.92 Å². The molecule has 0 aliphatic carbocycles. The molecule has 4 aromatic rings. The van der Waals surface area contributed by atoms with Gasteiger partial charge in [0.25, 0.3) is 17.5 Å². The second-order valence-electron chi connectivity index (χ2n) is 6.81. The Morgan fingerprint density at radius 3 is 2.94 bits per heavy atom. The Hall–Kier alpha value is -3.86. The average Bonchev–Trinajstić information content (AvgIpc) is 3.55. The number of furan rings is 1. The third-order valence-electron chi connectivity index (χ3n) is 4.78. The van der Waals surface area contributed by atoms with Crippen LogP contribution >= 0.6 is 11.3 Å². The number of ether oxygens (including phenoxy) is 1. The second-order valence-corrected chi connectivity index (χ2v) is 7.75. The van der Waals surface area contributed by atoms with Crippen molar-refractivity contribution in [3.8, 4) is 0 Å². The van der Waals surface area contributed by atoms with Crippen LogP contribution in [0.1, 0.15) is 39.4 Å². The van der Waals surface area contributed by atoms with Crippen LogP contribution in [-0.2, 0) is 9.53 Å². The molecule has 5 heterocycles. The molecule has 5 rings (SSSR count). The molecule has 11 heteroatoms. The first-order chi connectivity index (χ1) is 15.1. The van der Waals surface area contributed by atoms with Gasteiger partial charge in [-0.15, -0.1) is 16.4 Å². The molecule has 1 amide bonds. The number of rotatable bonds is 5. The van der Waals surface area contributed by atoms with Gasteiger partial charge in [-0.3, -0.25) is 4.79 Å². The summed E-state index contributed by atoms with van der Waals surface area (Å²) in [6.45, 7) is 1.31. The van der Waals surface area contributed by atoms with Gasteiger partial charge in [-0.05, 0) is 36.6 Å². The van der Waals surface area contributed by atoms with Crippen LogP contribution in [0.2, 0.25) is 0 Å². The molecule has 0 spiro atoms. The lowest BCUT2D eigenvalue weighted by atomic mass is 10.1. The van der Waals surface area contributed by atoms with Crippen molar-refractivity contribution in [2.75, 3.05) is 6.61 Å². The highest BCUT2D eigenvalue weighted by atomic mass is 32.1. The van der Waals surface area contributed by atoms with Gasteiger partial charge in [-0.2, -0.15) is 10.1 Å². The van der Waals surface area contributed by atoms with Gasteiger partial charge in [-0.1, -0.05) is 6.07 Å². The van der Waals surface area contributed by atoms with Crippen LogP contribution in [0.5, 0.6) is 0 Å². The Morgan fingerprint density at radius 2 is 2.19 bits per heavy atom. The first-order valence-corrected chi connectivity index (χ1v) is 10.3. The zero-order valence-electron chi connectivity index (χ0n) is 16.3. The van der Waals surface area contributed by atoms with E-state index >= 15 is 0 Å². The zero-order chi connectivity index (χ0) is 21.4. The monoisotopic (exact) mass is 436 g/mol. The van der Waals surface area contributed by atoms with Crippen molar-refractivity contribution < 1.29 is 18.7 Å². The summed E-state index contributed by atoms with van der Waals surface area (Å²) >= 11 is 1.54. The Bertz CT molecular complexity index is 1280. The first kappa shape index (κ1) is 19.1. The molecule has 0 bridgehead atoms. The molecular weight excluding hydrogens is 420 g/mol. The van der Waals surface area contributed by atoms with E-state index in [4.69, 9.17) is 9.15 Å². The molecule has 1 aliphatic heterocycles. The number of hydrogen-bond acceptors (Lipinski definition) is 9. The van der Waals surface area contributed by atoms with Gasteiger partial charge >= 0.3 is 5.97 Å². The van der Waals surface area contributed by atoms with Gasteiger partial charge in [-0.25, -0.2) is 19.3 Å². The quantitative estimate of drug-likeness (QED) is 0.442. The van der Waals surface area contributed by atoms with Gasteiger partial charge in [0.2, 0.25) is 0 Å². The molecule has 0 saturated carbocycles. The third-order valence-corrected chi connectivity index (χ3v) is 5.70. The number of nitrogens with zero attached hydrogens (tertiary/aromatic N) is 6. The Balaban J connectivity index is 1.32. The van der Waals surface area contributed by atoms with Crippen LogP contribution in [0.15, 0.2) is 57.7 Å². The molecule has 1 aliphatic rings. The number of aryl methyl sites for hydroxylation is 1. The van der Waals surface area contributed by atoms with E-state index < -0.39 is 24.5 Å². The first-order valence-electron chi connectivity index (χ1n) is 9.42. The largest absolute Gasteiger partial charge is 0.467 e. The number of thiophene rings is 1. The van der Waals surface area contributed by atoms with Gasteiger partial charge < -0.3 is 9.15 Å². The number of carbonyl (C=O) groups excluding carboxylic acids is 2. The highest BCUT2D eigenvalue weighted by molar-refractivity contribution is 7.12. The van der Waals surface area contributed by atoms with E-state index in [1.54, 1.807) is 42.0 Å². The van der Waals surface area contributed by atoms with Crippen molar-refractivity contribution in [1.82, 2.24) is 24.6 Å². The number of hydrogen-bond donors (Lipinski definition) is 0. The molecule has 0 fully saturated rings. The molecule has 0 aromatic carbocycles. The molecule has 156 valence electrons. The minimum absolute atomic E-state index is 0.165. The fourth-order valence-electron chi connectivity index (χ4n) is 3.29. The summed E-state index contributed by atoms with van der Waals surface area (Å²) in [6.07, 6.45) is 3.63. The van der Waals surface area contributed by atoms with Gasteiger partial charge in [0, 0.05) is 18.3 Å². The van der Waals surface area contributed by atoms with Crippen molar-refractivity contribution in [2.45, 2.75) is 19.4 Å². The van der Waals surface area contributed by atoms with Gasteiger partial charge in [0.15, 0.2) is 6.61 Å². The molecule has 0 radical (unpaired) electrons. The summed E-state index contributed by atoms with van der Waals surface area (Å²) in [5, 5.41) is 11.8. The van der Waals surface area contributed by atoms with Crippen LogP contribution in [0.25, 0.3) is 5.78 Å². The predicted molar refractivity (Wildman–Crippen MR) is 110 cm³/mol. The third kappa shape index (κ3) is 3.59. The summed E-state index contributed by atoms with van der Waals surface area (Å²) in [5.41, 5.74) is 1.54. The molecular formula is C20H16N6O4S. The number of amides is 1. The van der Waals surface area contributed by atoms with Crippen LogP contribution in [0.4, 0.5) is 0 Å². The van der Waals surface area contributed by atoms with E-state index in [2.05, 4.69) is 20.2 Å². The smallest absolute Gasteiger partial charge is 0.378 e. The number of aromatic nitrogens is 4. The number of esters is 1. The van der Waals surface area contributed by atoms with Crippen molar-refractivity contribution >= 4 is 34.7 Å². The maximum Gasteiger partial charge on any atom is 0.378 e. The molecule has 4 aromatic heterocycles. The van der Waals surface area contributed by atoms with Gasteiger partial charge in [0.1, 0.15) is 11.8 Å². The highest BCUT2D eigenvalue weighted by Crippen LogP contribution is 2.34. The SMILES string of the molecule is Cc1ccnc2nc(C(=O)OCC(=O)N3N=C(c4cccs4)CC3c3ccco3)nn12. The Labute approximate surface area is 179 Å². The predicted octanol–water partition coefficient (Wildman–Crippen LogP) is 2.62. The number of carbonyl (C=O) groups is 2. The molecule has 31 heavy (non-hydrogen) atoms. The molecule has 0 saturated heterocycles. The standard InChI is InChI=1S/C20H16N6O4S/c1-12-6-7-21-20-22-18(24-25(12)20)19(28)30-11-17(27)26-14(15-4-2-8-29-15)10-13(23-26)16-5-3-9-31-16/h2-9,14H,10-11H2,1H3. The fraction of sp³-hybridized carbons (Fsp3) is 0.200. The molecule has 1 atom stereocenters. The summed E-state index contributed by atoms with van der Waals surface area (Å²) in [5.74, 6) is -0.561. The molecule has 1 unspecified atom stereocenters. The number of fused-ring (bicyclic) bond motifs is 1. The summed E-state index contributed by atoms with van der Waals surface area (Å²) < 4.78 is 12.1. The number of hydrazone groups is 1. The maximum absolute atomic E-state index is 12.9. The average molecular weight is 436 g/mol. The second kappa shape index (κ2) is 7.76. The maximum atomic E-state index is 12.9. The lowest BCUT2D eigenvalue weighted by Gasteiger charge is -2.19. The van der Waals surface area contributed by atoms with E-state index in [-0.39, 0.29) is 11.6 Å². The summed E-state index contributed by atoms with van der Waals surface area (Å²) in [6, 6.07) is 8.76. The van der Waals surface area contributed by atoms with Crippen molar-refractivity contribution in [1.29, 1.82) is 0 Å². The normalized spacial score (nSPS) is 16.0. The minimum atomic E-state index is -0.811. The van der Waals surface area contributed by atoms with Crippen molar-refractivity contribution in [3.63, 3.8) is 0 Å². The van der Waals surface area contributed by atoms with E-state index in [1.165, 1.54) is 9.52 Å². The van der Waals surface area contributed by atoms with E-state index in [0.29, 0.717) is 12.2 Å². The Morgan fingerprint density at radius 1 is 1.29 bits per heavy atom. The van der Waals surface area contributed by atoms with E-state index in [9.17, 15) is 9.59 Å². The van der Waals surface area contributed by atoms with Gasteiger partial charge in [0.05, 0.1) is 16.9 Å². The van der Waals surface area contributed by atoms with Crippen LogP contribution in [-0.4, -0.2) is 48.8 Å². The fourth-order valence-corrected chi connectivity index (χ4v) is 4.01. The summed E-state index contributed by atoms with van der Waals surface area (Å²) in [7, 11) is 0. The van der Waals surface area contributed by atoms with E-state index in [0.717, 1.165) is 16.3 Å². The van der Waals surface area contributed by atoms with Crippen LogP contribution in [0.3, 0.4) is 0 Å².